The molecule has 6 nitrogen and oxygen atoms in total. The molecular formula is C29H29ClFN3O3. The number of benzene rings is 3. The summed E-state index contributed by atoms with van der Waals surface area (Å²) in [6.45, 7) is 8.00. The average Bonchev–Trinajstić information content (AvgIpc) is 3.13. The van der Waals surface area contributed by atoms with E-state index in [1.165, 1.54) is 6.07 Å². The summed E-state index contributed by atoms with van der Waals surface area (Å²) in [5.41, 5.74) is 5.54. The van der Waals surface area contributed by atoms with Crippen LogP contribution in [0.1, 0.15) is 44.0 Å². The summed E-state index contributed by atoms with van der Waals surface area (Å²) in [6.07, 6.45) is 0. The highest BCUT2D eigenvalue weighted by Crippen LogP contribution is 2.27. The van der Waals surface area contributed by atoms with E-state index in [2.05, 4.69) is 10.4 Å². The monoisotopic (exact) mass is 521 g/mol. The minimum absolute atomic E-state index is 0.149. The van der Waals surface area contributed by atoms with E-state index in [-0.39, 0.29) is 19.1 Å². The van der Waals surface area contributed by atoms with Gasteiger partial charge in [0.15, 0.2) is 0 Å². The van der Waals surface area contributed by atoms with Crippen molar-refractivity contribution < 1.29 is 18.7 Å². The first kappa shape index (κ1) is 26.2. The highest BCUT2D eigenvalue weighted by atomic mass is 35.5. The van der Waals surface area contributed by atoms with Gasteiger partial charge in [0.05, 0.1) is 30.7 Å². The number of amides is 1. The number of carbonyl (C=O) groups excluding carboxylic acids is 1. The molecule has 0 spiro atoms. The van der Waals surface area contributed by atoms with Crippen LogP contribution in [0.15, 0.2) is 54.6 Å². The van der Waals surface area contributed by atoms with Gasteiger partial charge in [-0.05, 0) is 75.2 Å². The number of aromatic nitrogens is 2. The normalized spacial score (nSPS) is 10.9. The molecule has 4 rings (SSSR count). The molecule has 1 aromatic heterocycles. The van der Waals surface area contributed by atoms with Gasteiger partial charge in [-0.3, -0.25) is 9.48 Å². The zero-order chi connectivity index (χ0) is 26.7. The van der Waals surface area contributed by atoms with E-state index in [9.17, 15) is 9.18 Å². The molecule has 0 aliphatic rings. The molecule has 0 fully saturated rings. The molecule has 0 atom stereocenters. The standard InChI is InChI=1S/C29H29ClFN3O3/c1-17-9-10-18(2)27(13-17)37-16-22-14-21(11-12-26(22)36-5)29(35)32-28-19(3)33-34(20(28)4)15-23-24(30)7-6-8-25(23)31/h6-14H,15-16H2,1-5H3,(H,32,35). The number of methoxy groups -OCH3 is 1. The Morgan fingerprint density at radius 1 is 1.05 bits per heavy atom. The summed E-state index contributed by atoms with van der Waals surface area (Å²) in [7, 11) is 1.58. The number of ether oxygens (including phenoxy) is 2. The lowest BCUT2D eigenvalue weighted by Crippen LogP contribution is -2.14. The van der Waals surface area contributed by atoms with Crippen molar-refractivity contribution in [1.29, 1.82) is 0 Å². The summed E-state index contributed by atoms with van der Waals surface area (Å²) >= 11 is 6.19. The topological polar surface area (TPSA) is 65.4 Å². The van der Waals surface area contributed by atoms with Crippen molar-refractivity contribution in [3.63, 3.8) is 0 Å². The van der Waals surface area contributed by atoms with E-state index in [0.717, 1.165) is 22.4 Å². The number of halogens is 2. The van der Waals surface area contributed by atoms with E-state index in [1.54, 1.807) is 49.0 Å². The van der Waals surface area contributed by atoms with Crippen LogP contribution in [0.25, 0.3) is 0 Å². The second-order valence-electron chi connectivity index (χ2n) is 8.94. The Morgan fingerprint density at radius 2 is 1.84 bits per heavy atom. The van der Waals surface area contributed by atoms with Crippen molar-refractivity contribution in [2.75, 3.05) is 12.4 Å². The SMILES string of the molecule is COc1ccc(C(=O)Nc2c(C)nn(Cc3c(F)cccc3Cl)c2C)cc1COc1cc(C)ccc1C. The maximum absolute atomic E-state index is 14.3. The predicted octanol–water partition coefficient (Wildman–Crippen LogP) is 6.80. The van der Waals surface area contributed by atoms with Crippen LogP contribution in [0.3, 0.4) is 0 Å². The predicted molar refractivity (Wildman–Crippen MR) is 143 cm³/mol. The molecule has 0 radical (unpaired) electrons. The van der Waals surface area contributed by atoms with Crippen molar-refractivity contribution in [2.45, 2.75) is 40.8 Å². The fraction of sp³-hybridized carbons (Fsp3) is 0.241. The molecule has 1 N–H and O–H groups in total. The van der Waals surface area contributed by atoms with Crippen LogP contribution in [-0.4, -0.2) is 22.8 Å². The Bertz CT molecular complexity index is 1450. The van der Waals surface area contributed by atoms with Crippen LogP contribution in [0.5, 0.6) is 11.5 Å². The summed E-state index contributed by atoms with van der Waals surface area (Å²) in [6, 6.07) is 15.8. The lowest BCUT2D eigenvalue weighted by molar-refractivity contribution is 0.102. The summed E-state index contributed by atoms with van der Waals surface area (Å²) in [5, 5.41) is 7.77. The minimum Gasteiger partial charge on any atom is -0.496 e. The van der Waals surface area contributed by atoms with Gasteiger partial charge >= 0.3 is 0 Å². The molecule has 0 saturated carbocycles. The van der Waals surface area contributed by atoms with Crippen LogP contribution in [0.4, 0.5) is 10.1 Å². The summed E-state index contributed by atoms with van der Waals surface area (Å²) < 4.78 is 27.5. The average molecular weight is 522 g/mol. The third-order valence-corrected chi connectivity index (χ3v) is 6.61. The largest absolute Gasteiger partial charge is 0.496 e. The van der Waals surface area contributed by atoms with Gasteiger partial charge in [-0.1, -0.05) is 29.8 Å². The maximum atomic E-state index is 14.3. The first-order valence-corrected chi connectivity index (χ1v) is 12.2. The van der Waals surface area contributed by atoms with E-state index in [0.29, 0.717) is 39.0 Å². The zero-order valence-corrected chi connectivity index (χ0v) is 22.2. The Hall–Kier alpha value is -3.84. The van der Waals surface area contributed by atoms with Crippen LogP contribution >= 0.6 is 11.6 Å². The van der Waals surface area contributed by atoms with Gasteiger partial charge < -0.3 is 14.8 Å². The fourth-order valence-electron chi connectivity index (χ4n) is 4.10. The number of nitrogens with one attached hydrogen (secondary N) is 1. The van der Waals surface area contributed by atoms with E-state index in [1.807, 2.05) is 39.0 Å². The van der Waals surface area contributed by atoms with Crippen LogP contribution in [0.2, 0.25) is 5.02 Å². The molecule has 0 aliphatic carbocycles. The minimum atomic E-state index is -0.403. The van der Waals surface area contributed by atoms with E-state index in [4.69, 9.17) is 21.1 Å². The molecule has 1 amide bonds. The molecule has 8 heteroatoms. The van der Waals surface area contributed by atoms with E-state index < -0.39 is 5.82 Å². The second kappa shape index (κ2) is 11.0. The fourth-order valence-corrected chi connectivity index (χ4v) is 4.32. The Labute approximate surface area is 221 Å². The molecule has 0 aliphatic heterocycles. The number of anilines is 1. The molecule has 3 aromatic carbocycles. The Kier molecular flexibility index (Phi) is 7.83. The lowest BCUT2D eigenvalue weighted by Gasteiger charge is -2.14. The number of nitrogens with zero attached hydrogens (tertiary/aromatic N) is 2. The molecule has 0 unspecified atom stereocenters. The number of rotatable bonds is 8. The first-order valence-electron chi connectivity index (χ1n) is 11.8. The Balaban J connectivity index is 1.54. The molecular weight excluding hydrogens is 493 g/mol. The first-order chi connectivity index (χ1) is 17.7. The van der Waals surface area contributed by atoms with Gasteiger partial charge in [-0.25, -0.2) is 4.39 Å². The number of carbonyl (C=O) groups is 1. The third kappa shape index (κ3) is 5.78. The quantitative estimate of drug-likeness (QED) is 0.277. The Morgan fingerprint density at radius 3 is 2.57 bits per heavy atom. The van der Waals surface area contributed by atoms with Crippen LogP contribution in [0, 0.1) is 33.5 Å². The van der Waals surface area contributed by atoms with Crippen molar-refractivity contribution in [3.05, 3.63) is 105 Å². The van der Waals surface area contributed by atoms with Gasteiger partial charge in [0.2, 0.25) is 0 Å². The summed E-state index contributed by atoms with van der Waals surface area (Å²) in [5.74, 6) is 0.708. The summed E-state index contributed by atoms with van der Waals surface area (Å²) in [4.78, 5) is 13.2. The van der Waals surface area contributed by atoms with Crippen molar-refractivity contribution in [2.24, 2.45) is 0 Å². The van der Waals surface area contributed by atoms with Gasteiger partial charge in [0.25, 0.3) is 5.91 Å². The molecule has 192 valence electrons. The number of aryl methyl sites for hydroxylation is 3. The van der Waals surface area contributed by atoms with Crippen molar-refractivity contribution >= 4 is 23.2 Å². The zero-order valence-electron chi connectivity index (χ0n) is 21.5. The number of hydrogen-bond acceptors (Lipinski definition) is 4. The number of hydrogen-bond donors (Lipinski definition) is 1. The highest BCUT2D eigenvalue weighted by Gasteiger charge is 2.18. The molecule has 37 heavy (non-hydrogen) atoms. The van der Waals surface area contributed by atoms with Crippen LogP contribution in [-0.2, 0) is 13.2 Å². The highest BCUT2D eigenvalue weighted by molar-refractivity contribution is 6.31. The second-order valence-corrected chi connectivity index (χ2v) is 9.35. The maximum Gasteiger partial charge on any atom is 0.255 e. The van der Waals surface area contributed by atoms with E-state index >= 15 is 0 Å². The molecule has 0 saturated heterocycles. The van der Waals surface area contributed by atoms with Gasteiger partial charge in [-0.2, -0.15) is 5.10 Å². The third-order valence-electron chi connectivity index (χ3n) is 6.26. The molecule has 1 heterocycles. The van der Waals surface area contributed by atoms with Crippen molar-refractivity contribution in [1.82, 2.24) is 9.78 Å². The van der Waals surface area contributed by atoms with Gasteiger partial charge in [-0.15, -0.1) is 0 Å². The molecule has 4 aromatic rings. The van der Waals surface area contributed by atoms with Crippen molar-refractivity contribution in [3.8, 4) is 11.5 Å². The smallest absolute Gasteiger partial charge is 0.255 e. The lowest BCUT2D eigenvalue weighted by atomic mass is 10.1. The van der Waals surface area contributed by atoms with Crippen LogP contribution < -0.4 is 14.8 Å². The molecule has 0 bridgehead atoms. The van der Waals surface area contributed by atoms with Gasteiger partial charge in [0.1, 0.15) is 23.9 Å². The van der Waals surface area contributed by atoms with Gasteiger partial charge in [0, 0.05) is 21.7 Å².